The van der Waals surface area contributed by atoms with Gasteiger partial charge in [-0.3, -0.25) is 9.97 Å². The van der Waals surface area contributed by atoms with Crippen molar-refractivity contribution >= 4 is 11.0 Å². The van der Waals surface area contributed by atoms with Gasteiger partial charge in [0.2, 0.25) is 0 Å². The highest BCUT2D eigenvalue weighted by Crippen LogP contribution is 2.33. The molecule has 30 heavy (non-hydrogen) atoms. The van der Waals surface area contributed by atoms with Crippen LogP contribution >= 0.6 is 0 Å². The first-order valence-corrected chi connectivity index (χ1v) is 9.84. The summed E-state index contributed by atoms with van der Waals surface area (Å²) in [4.78, 5) is 9.49. The molecule has 3 aromatic heterocycles. The van der Waals surface area contributed by atoms with Crippen molar-refractivity contribution in [3.05, 3.63) is 72.3 Å². The third-order valence-electron chi connectivity index (χ3n) is 5.28. The number of aryl methyl sites for hydroxylation is 1. The van der Waals surface area contributed by atoms with Gasteiger partial charge in [0.05, 0.1) is 25.3 Å². The summed E-state index contributed by atoms with van der Waals surface area (Å²) in [5.41, 5.74) is 5.65. The average molecular weight is 403 g/mol. The number of aliphatic hydroxyl groups excluding tert-OH is 1. The predicted octanol–water partition coefficient (Wildman–Crippen LogP) is 4.17. The van der Waals surface area contributed by atoms with Crippen LogP contribution in [-0.2, 0) is 7.05 Å². The van der Waals surface area contributed by atoms with Gasteiger partial charge in [-0.15, -0.1) is 0 Å². The van der Waals surface area contributed by atoms with E-state index in [1.807, 2.05) is 54.3 Å². The summed E-state index contributed by atoms with van der Waals surface area (Å²) in [7, 11) is 5.26. The zero-order chi connectivity index (χ0) is 21.1. The Labute approximate surface area is 175 Å². The van der Waals surface area contributed by atoms with Crippen molar-refractivity contribution in [2.75, 3.05) is 20.8 Å². The van der Waals surface area contributed by atoms with E-state index in [1.54, 1.807) is 14.2 Å². The molecule has 3 heterocycles. The average Bonchev–Trinajstić information content (AvgIpc) is 3.22. The fourth-order valence-corrected chi connectivity index (χ4v) is 3.69. The van der Waals surface area contributed by atoms with E-state index in [-0.39, 0.29) is 12.5 Å². The van der Waals surface area contributed by atoms with Gasteiger partial charge in [0.1, 0.15) is 11.5 Å². The van der Waals surface area contributed by atoms with E-state index >= 15 is 0 Å². The monoisotopic (exact) mass is 403 g/mol. The predicted molar refractivity (Wildman–Crippen MR) is 117 cm³/mol. The highest BCUT2D eigenvalue weighted by molar-refractivity contribution is 5.80. The standard InChI is InChI=1S/C24H25N3O3/c1-27-8-6-16(15-27)18-12-24-23(25-14-18)5-4-22(26-24)21(7-9-28)17-10-19(29-2)13-20(11-17)30-3/h4-6,8,10-15,21,28H,7,9H2,1-3H3. The van der Waals surface area contributed by atoms with Gasteiger partial charge >= 0.3 is 0 Å². The lowest BCUT2D eigenvalue weighted by molar-refractivity contribution is 0.280. The third-order valence-corrected chi connectivity index (χ3v) is 5.28. The van der Waals surface area contributed by atoms with Crippen molar-refractivity contribution in [1.29, 1.82) is 0 Å². The Balaban J connectivity index is 1.78. The molecule has 0 saturated carbocycles. The smallest absolute Gasteiger partial charge is 0.122 e. The molecule has 1 aromatic carbocycles. The normalized spacial score (nSPS) is 12.1. The molecule has 6 nitrogen and oxygen atoms in total. The van der Waals surface area contributed by atoms with E-state index < -0.39 is 0 Å². The minimum atomic E-state index is -0.0937. The van der Waals surface area contributed by atoms with Crippen LogP contribution in [-0.4, -0.2) is 40.5 Å². The number of fused-ring (bicyclic) bond motifs is 1. The first-order valence-electron chi connectivity index (χ1n) is 9.84. The summed E-state index contributed by atoms with van der Waals surface area (Å²) < 4.78 is 12.9. The summed E-state index contributed by atoms with van der Waals surface area (Å²) in [5, 5.41) is 9.72. The molecule has 154 valence electrons. The minimum Gasteiger partial charge on any atom is -0.497 e. The number of aromatic nitrogens is 3. The second-order valence-electron chi connectivity index (χ2n) is 7.27. The molecule has 0 bridgehead atoms. The largest absolute Gasteiger partial charge is 0.497 e. The SMILES string of the molecule is COc1cc(OC)cc(C(CCO)c2ccc3ncc(-c4ccn(C)c4)cc3n2)c1. The maximum Gasteiger partial charge on any atom is 0.122 e. The van der Waals surface area contributed by atoms with E-state index in [1.165, 1.54) is 0 Å². The summed E-state index contributed by atoms with van der Waals surface area (Å²) >= 11 is 0. The third kappa shape index (κ3) is 4.00. The Morgan fingerprint density at radius 1 is 0.967 bits per heavy atom. The molecule has 0 amide bonds. The number of hydrogen-bond acceptors (Lipinski definition) is 5. The van der Waals surface area contributed by atoms with Gasteiger partial charge in [-0.1, -0.05) is 0 Å². The topological polar surface area (TPSA) is 69.4 Å². The molecule has 6 heteroatoms. The van der Waals surface area contributed by atoms with Crippen molar-refractivity contribution < 1.29 is 14.6 Å². The van der Waals surface area contributed by atoms with Crippen LogP contribution in [0.3, 0.4) is 0 Å². The van der Waals surface area contributed by atoms with Crippen molar-refractivity contribution in [2.24, 2.45) is 7.05 Å². The Kier molecular flexibility index (Phi) is 5.68. The van der Waals surface area contributed by atoms with Crippen LogP contribution in [0.25, 0.3) is 22.2 Å². The van der Waals surface area contributed by atoms with Gasteiger partial charge in [0.25, 0.3) is 0 Å². The zero-order valence-electron chi connectivity index (χ0n) is 17.4. The van der Waals surface area contributed by atoms with Crippen LogP contribution < -0.4 is 9.47 Å². The van der Waals surface area contributed by atoms with E-state index in [9.17, 15) is 5.11 Å². The molecule has 1 unspecified atom stereocenters. The van der Waals surface area contributed by atoms with Crippen LogP contribution in [0.5, 0.6) is 11.5 Å². The molecular weight excluding hydrogens is 378 g/mol. The van der Waals surface area contributed by atoms with E-state index in [0.717, 1.165) is 33.4 Å². The maximum atomic E-state index is 9.72. The lowest BCUT2D eigenvalue weighted by Crippen LogP contribution is -2.07. The summed E-state index contributed by atoms with van der Waals surface area (Å²) in [6.07, 6.45) is 6.48. The van der Waals surface area contributed by atoms with Crippen molar-refractivity contribution in [2.45, 2.75) is 12.3 Å². The zero-order valence-corrected chi connectivity index (χ0v) is 17.4. The highest BCUT2D eigenvalue weighted by Gasteiger charge is 2.18. The molecule has 1 atom stereocenters. The lowest BCUT2D eigenvalue weighted by Gasteiger charge is -2.18. The van der Waals surface area contributed by atoms with Gasteiger partial charge in [-0.25, -0.2) is 0 Å². The molecule has 0 radical (unpaired) electrons. The van der Waals surface area contributed by atoms with Gasteiger partial charge in [0, 0.05) is 61.1 Å². The fraction of sp³-hybridized carbons (Fsp3) is 0.250. The van der Waals surface area contributed by atoms with Crippen LogP contribution in [0, 0.1) is 0 Å². The second-order valence-corrected chi connectivity index (χ2v) is 7.27. The Morgan fingerprint density at radius 2 is 1.73 bits per heavy atom. The fourth-order valence-electron chi connectivity index (χ4n) is 3.69. The molecule has 0 aliphatic carbocycles. The first kappa shape index (κ1) is 19.9. The van der Waals surface area contributed by atoms with Crippen LogP contribution in [0.1, 0.15) is 23.6 Å². The summed E-state index contributed by atoms with van der Waals surface area (Å²) in [6, 6.07) is 13.8. The number of nitrogens with zero attached hydrogens (tertiary/aromatic N) is 3. The Morgan fingerprint density at radius 3 is 2.37 bits per heavy atom. The number of methoxy groups -OCH3 is 2. The lowest BCUT2D eigenvalue weighted by atomic mass is 9.91. The van der Waals surface area contributed by atoms with Gasteiger partial charge in [-0.2, -0.15) is 0 Å². The van der Waals surface area contributed by atoms with E-state index in [0.29, 0.717) is 17.9 Å². The number of aliphatic hydroxyl groups is 1. The number of pyridine rings is 2. The molecule has 0 fully saturated rings. The molecule has 4 aromatic rings. The van der Waals surface area contributed by atoms with E-state index in [4.69, 9.17) is 14.5 Å². The Bertz CT molecular complexity index is 1150. The van der Waals surface area contributed by atoms with Crippen molar-refractivity contribution in [3.63, 3.8) is 0 Å². The first-order chi connectivity index (χ1) is 14.6. The summed E-state index contributed by atoms with van der Waals surface area (Å²) in [5.74, 6) is 1.33. The Hall–Kier alpha value is -3.38. The molecule has 0 spiro atoms. The maximum absolute atomic E-state index is 9.72. The number of ether oxygens (including phenoxy) is 2. The van der Waals surface area contributed by atoms with Crippen molar-refractivity contribution in [1.82, 2.24) is 14.5 Å². The van der Waals surface area contributed by atoms with E-state index in [2.05, 4.69) is 23.3 Å². The van der Waals surface area contributed by atoms with Crippen LogP contribution in [0.4, 0.5) is 0 Å². The summed E-state index contributed by atoms with van der Waals surface area (Å²) in [6.45, 7) is 0.0478. The second kappa shape index (κ2) is 8.55. The number of rotatable bonds is 7. The van der Waals surface area contributed by atoms with Crippen LogP contribution in [0.15, 0.2) is 61.1 Å². The quantitative estimate of drug-likeness (QED) is 0.502. The van der Waals surface area contributed by atoms with Gasteiger partial charge < -0.3 is 19.1 Å². The van der Waals surface area contributed by atoms with Crippen molar-refractivity contribution in [3.8, 4) is 22.6 Å². The van der Waals surface area contributed by atoms with Gasteiger partial charge in [0.15, 0.2) is 0 Å². The number of hydrogen-bond donors (Lipinski definition) is 1. The molecule has 0 aliphatic rings. The highest BCUT2D eigenvalue weighted by atomic mass is 16.5. The molecule has 4 rings (SSSR count). The molecule has 0 saturated heterocycles. The van der Waals surface area contributed by atoms with Gasteiger partial charge in [-0.05, 0) is 48.4 Å². The van der Waals surface area contributed by atoms with Crippen LogP contribution in [0.2, 0.25) is 0 Å². The molecule has 1 N–H and O–H groups in total. The minimum absolute atomic E-state index is 0.0478. The molecular formula is C24H25N3O3. The molecule has 0 aliphatic heterocycles. The number of benzene rings is 1.